The normalized spacial score (nSPS) is 11.1. The van der Waals surface area contributed by atoms with Gasteiger partial charge in [-0.3, -0.25) is 9.78 Å². The molecule has 5 nitrogen and oxygen atoms in total. The fourth-order valence-electron chi connectivity index (χ4n) is 1.81. The molecule has 0 saturated heterocycles. The maximum absolute atomic E-state index is 12.5. The number of amides is 1. The molecule has 1 heterocycles. The molecule has 0 aliphatic carbocycles. The minimum Gasteiger partial charge on any atom is -0.435 e. The van der Waals surface area contributed by atoms with E-state index in [2.05, 4.69) is 19.8 Å². The number of nitrogens with one attached hydrogen (secondary N) is 1. The monoisotopic (exact) mass is 356 g/mol. The molecule has 0 bridgehead atoms. The van der Waals surface area contributed by atoms with Gasteiger partial charge in [0.1, 0.15) is 11.5 Å². The van der Waals surface area contributed by atoms with Crippen molar-refractivity contribution in [2.75, 3.05) is 5.32 Å². The molecule has 132 valence electrons. The van der Waals surface area contributed by atoms with Crippen LogP contribution in [0.25, 0.3) is 6.08 Å². The molecule has 25 heavy (non-hydrogen) atoms. The standard InChI is InChI=1S/C16H12F4N2O3/c17-15(18)24-12-5-3-10(13(8-12)25-16(19)20)4-6-14(23)22-11-2-1-7-21-9-11/h1-9,15-16H,(H,22,23)/b6-4+. The highest BCUT2D eigenvalue weighted by atomic mass is 19.3. The lowest BCUT2D eigenvalue weighted by molar-refractivity contribution is -0.111. The SMILES string of the molecule is O=C(/C=C/c1ccc(OC(F)F)cc1OC(F)F)Nc1cccnc1. The van der Waals surface area contributed by atoms with Crippen molar-refractivity contribution >= 4 is 17.7 Å². The van der Waals surface area contributed by atoms with Crippen LogP contribution >= 0.6 is 0 Å². The summed E-state index contributed by atoms with van der Waals surface area (Å²) in [5, 5.41) is 2.51. The van der Waals surface area contributed by atoms with E-state index in [1.54, 1.807) is 12.1 Å². The van der Waals surface area contributed by atoms with Crippen molar-refractivity contribution in [1.29, 1.82) is 0 Å². The molecule has 1 aromatic carbocycles. The molecule has 2 aromatic rings. The predicted molar refractivity (Wildman–Crippen MR) is 81.6 cm³/mol. The van der Waals surface area contributed by atoms with Gasteiger partial charge in [0.05, 0.1) is 11.9 Å². The Balaban J connectivity index is 2.14. The van der Waals surface area contributed by atoms with Crippen LogP contribution in [-0.2, 0) is 4.79 Å². The second-order valence-electron chi connectivity index (χ2n) is 4.52. The topological polar surface area (TPSA) is 60.5 Å². The van der Waals surface area contributed by atoms with Gasteiger partial charge in [0.25, 0.3) is 0 Å². The summed E-state index contributed by atoms with van der Waals surface area (Å²) in [4.78, 5) is 15.6. The van der Waals surface area contributed by atoms with E-state index < -0.39 is 24.9 Å². The van der Waals surface area contributed by atoms with Crippen LogP contribution in [0.2, 0.25) is 0 Å². The Morgan fingerprint density at radius 3 is 2.52 bits per heavy atom. The molecule has 0 fully saturated rings. The number of benzene rings is 1. The van der Waals surface area contributed by atoms with Gasteiger partial charge >= 0.3 is 13.2 Å². The third kappa shape index (κ3) is 6.13. The molecular weight excluding hydrogens is 344 g/mol. The molecule has 9 heteroatoms. The minimum atomic E-state index is -3.17. The molecule has 0 aliphatic heterocycles. The summed E-state index contributed by atoms with van der Waals surface area (Å²) >= 11 is 0. The van der Waals surface area contributed by atoms with Crippen LogP contribution in [0.1, 0.15) is 5.56 Å². The van der Waals surface area contributed by atoms with E-state index in [4.69, 9.17) is 0 Å². The molecule has 1 amide bonds. The largest absolute Gasteiger partial charge is 0.435 e. The summed E-state index contributed by atoms with van der Waals surface area (Å²) in [5.74, 6) is -1.29. The van der Waals surface area contributed by atoms with Gasteiger partial charge in [-0.15, -0.1) is 0 Å². The zero-order chi connectivity index (χ0) is 18.2. The Labute approximate surface area is 139 Å². The molecule has 0 spiro atoms. The number of hydrogen-bond acceptors (Lipinski definition) is 4. The van der Waals surface area contributed by atoms with Crippen LogP contribution in [0, 0.1) is 0 Å². The number of anilines is 1. The smallest absolute Gasteiger partial charge is 0.387 e. The first-order valence-corrected chi connectivity index (χ1v) is 6.87. The van der Waals surface area contributed by atoms with Crippen molar-refractivity contribution in [2.24, 2.45) is 0 Å². The van der Waals surface area contributed by atoms with E-state index in [-0.39, 0.29) is 11.3 Å². The second-order valence-corrected chi connectivity index (χ2v) is 4.52. The fraction of sp³-hybridized carbons (Fsp3) is 0.125. The first kappa shape index (κ1) is 18.2. The van der Waals surface area contributed by atoms with Crippen LogP contribution in [0.3, 0.4) is 0 Å². The van der Waals surface area contributed by atoms with Crippen LogP contribution in [0.15, 0.2) is 48.8 Å². The average Bonchev–Trinajstić information content (AvgIpc) is 2.54. The van der Waals surface area contributed by atoms with Gasteiger partial charge in [-0.2, -0.15) is 17.6 Å². The maximum atomic E-state index is 12.5. The lowest BCUT2D eigenvalue weighted by Crippen LogP contribution is -2.08. The van der Waals surface area contributed by atoms with Crippen LogP contribution in [0.5, 0.6) is 11.5 Å². The van der Waals surface area contributed by atoms with E-state index in [9.17, 15) is 22.4 Å². The van der Waals surface area contributed by atoms with E-state index >= 15 is 0 Å². The van der Waals surface area contributed by atoms with Crippen molar-refractivity contribution in [3.63, 3.8) is 0 Å². The Kier molecular flexibility index (Phi) is 6.33. The second kappa shape index (κ2) is 8.67. The van der Waals surface area contributed by atoms with E-state index in [1.807, 2.05) is 0 Å². The number of hydrogen-bond donors (Lipinski definition) is 1. The Morgan fingerprint density at radius 1 is 1.12 bits per heavy atom. The number of rotatable bonds is 7. The van der Waals surface area contributed by atoms with E-state index in [0.29, 0.717) is 5.69 Å². The molecule has 0 aliphatic rings. The van der Waals surface area contributed by atoms with Crippen molar-refractivity contribution in [1.82, 2.24) is 4.98 Å². The number of nitrogens with zero attached hydrogens (tertiary/aromatic N) is 1. The van der Waals surface area contributed by atoms with Crippen LogP contribution in [0.4, 0.5) is 23.2 Å². The van der Waals surface area contributed by atoms with Crippen molar-refractivity contribution in [3.05, 3.63) is 54.4 Å². The van der Waals surface area contributed by atoms with Crippen molar-refractivity contribution < 1.29 is 31.8 Å². The van der Waals surface area contributed by atoms with Gasteiger partial charge in [0.15, 0.2) is 0 Å². The number of carbonyl (C=O) groups excluding carboxylic acids is 1. The van der Waals surface area contributed by atoms with Gasteiger partial charge in [-0.05, 0) is 30.3 Å². The summed E-state index contributed by atoms with van der Waals surface area (Å²) in [6.07, 6.45) is 5.24. The highest BCUT2D eigenvalue weighted by molar-refractivity contribution is 6.02. The van der Waals surface area contributed by atoms with E-state index in [0.717, 1.165) is 18.2 Å². The summed E-state index contributed by atoms with van der Waals surface area (Å²) in [5.41, 5.74) is 0.533. The Hall–Kier alpha value is -3.10. The molecule has 1 N–H and O–H groups in total. The van der Waals surface area contributed by atoms with Crippen LogP contribution < -0.4 is 14.8 Å². The van der Waals surface area contributed by atoms with Gasteiger partial charge < -0.3 is 14.8 Å². The van der Waals surface area contributed by atoms with Crippen molar-refractivity contribution in [3.8, 4) is 11.5 Å². The number of alkyl halides is 4. The maximum Gasteiger partial charge on any atom is 0.387 e. The summed E-state index contributed by atoms with van der Waals surface area (Å²) in [6.45, 7) is -6.27. The summed E-state index contributed by atoms with van der Waals surface area (Å²) in [7, 11) is 0. The summed E-state index contributed by atoms with van der Waals surface area (Å²) in [6, 6.07) is 6.47. The number of ether oxygens (including phenoxy) is 2. The molecule has 0 saturated carbocycles. The highest BCUT2D eigenvalue weighted by Gasteiger charge is 2.12. The molecule has 0 atom stereocenters. The first-order valence-electron chi connectivity index (χ1n) is 6.87. The quantitative estimate of drug-likeness (QED) is 0.603. The number of pyridine rings is 1. The zero-order valence-electron chi connectivity index (χ0n) is 12.5. The third-order valence-electron chi connectivity index (χ3n) is 2.77. The van der Waals surface area contributed by atoms with Crippen LogP contribution in [-0.4, -0.2) is 24.1 Å². The number of carbonyl (C=O) groups is 1. The van der Waals surface area contributed by atoms with Gasteiger partial charge in [0.2, 0.25) is 5.91 Å². The highest BCUT2D eigenvalue weighted by Crippen LogP contribution is 2.28. The first-order chi connectivity index (χ1) is 11.9. The van der Waals surface area contributed by atoms with Crippen molar-refractivity contribution in [2.45, 2.75) is 13.2 Å². The van der Waals surface area contributed by atoms with E-state index in [1.165, 1.54) is 24.5 Å². The lowest BCUT2D eigenvalue weighted by atomic mass is 10.1. The number of halogens is 4. The van der Waals surface area contributed by atoms with Gasteiger partial charge in [-0.1, -0.05) is 0 Å². The van der Waals surface area contributed by atoms with Gasteiger partial charge in [-0.25, -0.2) is 0 Å². The zero-order valence-corrected chi connectivity index (χ0v) is 12.5. The Bertz CT molecular complexity index is 739. The molecule has 0 unspecified atom stereocenters. The van der Waals surface area contributed by atoms with Gasteiger partial charge in [0, 0.05) is 23.9 Å². The fourth-order valence-corrected chi connectivity index (χ4v) is 1.81. The minimum absolute atomic E-state index is 0.0863. The molecule has 0 radical (unpaired) electrons. The Morgan fingerprint density at radius 2 is 1.88 bits per heavy atom. The molecular formula is C16H12F4N2O3. The average molecular weight is 356 g/mol. The molecule has 2 rings (SSSR count). The lowest BCUT2D eigenvalue weighted by Gasteiger charge is -2.11. The summed E-state index contributed by atoms with van der Waals surface area (Å²) < 4.78 is 57.7. The third-order valence-corrected chi connectivity index (χ3v) is 2.77. The molecule has 1 aromatic heterocycles. The predicted octanol–water partition coefficient (Wildman–Crippen LogP) is 3.94. The number of aromatic nitrogens is 1.